The van der Waals surface area contributed by atoms with Crippen LogP contribution in [0.4, 0.5) is 0 Å². The molecule has 0 radical (unpaired) electrons. The zero-order valence-electron chi connectivity index (χ0n) is 11.5. The van der Waals surface area contributed by atoms with Crippen molar-refractivity contribution in [2.24, 2.45) is 11.7 Å². The smallest absolute Gasteiger partial charge is 0.0465 e. The summed E-state index contributed by atoms with van der Waals surface area (Å²) in [5.41, 5.74) is 10.3. The molecule has 0 fully saturated rings. The van der Waals surface area contributed by atoms with Crippen LogP contribution in [0.25, 0.3) is 0 Å². The van der Waals surface area contributed by atoms with Gasteiger partial charge in [-0.15, -0.1) is 0 Å². The summed E-state index contributed by atoms with van der Waals surface area (Å²) in [6.07, 6.45) is 1.99. The highest BCUT2D eigenvalue weighted by Crippen LogP contribution is 2.16. The van der Waals surface area contributed by atoms with Crippen LogP contribution in [0.5, 0.6) is 0 Å². The summed E-state index contributed by atoms with van der Waals surface area (Å²) in [5, 5.41) is 0. The van der Waals surface area contributed by atoms with Gasteiger partial charge in [0.2, 0.25) is 0 Å². The van der Waals surface area contributed by atoms with Gasteiger partial charge in [-0.2, -0.15) is 0 Å². The summed E-state index contributed by atoms with van der Waals surface area (Å²) in [4.78, 5) is 0. The van der Waals surface area contributed by atoms with E-state index in [2.05, 4.69) is 39.0 Å². The van der Waals surface area contributed by atoms with E-state index in [1.165, 1.54) is 16.7 Å². The lowest BCUT2D eigenvalue weighted by Gasteiger charge is -2.20. The summed E-state index contributed by atoms with van der Waals surface area (Å²) in [5.74, 6) is 0.495. The van der Waals surface area contributed by atoms with Crippen LogP contribution >= 0.6 is 0 Å². The van der Waals surface area contributed by atoms with E-state index in [9.17, 15) is 0 Å². The van der Waals surface area contributed by atoms with Gasteiger partial charge in [-0.25, -0.2) is 0 Å². The number of ether oxygens (including phenoxy) is 1. The number of aryl methyl sites for hydroxylation is 2. The second kappa shape index (κ2) is 6.77. The first-order chi connectivity index (χ1) is 8.04. The predicted octanol–water partition coefficient (Wildman–Crippen LogP) is 2.85. The Balaban J connectivity index is 2.60. The average molecular weight is 235 g/mol. The summed E-state index contributed by atoms with van der Waals surface area (Å²) in [6.45, 7) is 7.28. The molecule has 17 heavy (non-hydrogen) atoms. The molecule has 1 aromatic rings. The molecule has 0 bridgehead atoms. The molecule has 0 amide bonds. The molecular weight excluding hydrogens is 210 g/mol. The minimum Gasteiger partial charge on any atom is -0.385 e. The molecule has 0 heterocycles. The van der Waals surface area contributed by atoms with Crippen molar-refractivity contribution in [3.05, 3.63) is 34.9 Å². The molecular formula is C15H25NO. The summed E-state index contributed by atoms with van der Waals surface area (Å²) in [7, 11) is 1.74. The number of rotatable bonds is 6. The third-order valence-electron chi connectivity index (χ3n) is 3.47. The molecule has 2 nitrogen and oxygen atoms in total. The van der Waals surface area contributed by atoms with Crippen molar-refractivity contribution in [1.82, 2.24) is 0 Å². The van der Waals surface area contributed by atoms with Crippen LogP contribution in [0.1, 0.15) is 30.0 Å². The summed E-state index contributed by atoms with van der Waals surface area (Å²) >= 11 is 0. The van der Waals surface area contributed by atoms with Gasteiger partial charge in [0.1, 0.15) is 0 Å². The third-order valence-corrected chi connectivity index (χ3v) is 3.47. The molecule has 0 aromatic heterocycles. The second-order valence-electron chi connectivity index (χ2n) is 5.06. The van der Waals surface area contributed by atoms with Crippen LogP contribution < -0.4 is 5.73 Å². The first-order valence-electron chi connectivity index (χ1n) is 6.35. The van der Waals surface area contributed by atoms with Crippen molar-refractivity contribution in [3.63, 3.8) is 0 Å². The Bertz CT molecular complexity index is 349. The first-order valence-corrected chi connectivity index (χ1v) is 6.35. The third kappa shape index (κ3) is 4.49. The van der Waals surface area contributed by atoms with Crippen molar-refractivity contribution in [2.75, 3.05) is 13.7 Å². The lowest BCUT2D eigenvalue weighted by atomic mass is 9.91. The van der Waals surface area contributed by atoms with E-state index in [0.29, 0.717) is 5.92 Å². The number of hydrogen-bond acceptors (Lipinski definition) is 2. The Kier molecular flexibility index (Phi) is 5.66. The minimum absolute atomic E-state index is 0.214. The largest absolute Gasteiger partial charge is 0.385 e. The molecule has 2 heteroatoms. The monoisotopic (exact) mass is 235 g/mol. The average Bonchev–Trinajstić information content (AvgIpc) is 2.30. The molecule has 0 spiro atoms. The van der Waals surface area contributed by atoms with Gasteiger partial charge in [0.05, 0.1) is 0 Å². The Morgan fingerprint density at radius 1 is 1.29 bits per heavy atom. The normalized spacial score (nSPS) is 14.6. The second-order valence-corrected chi connectivity index (χ2v) is 5.06. The van der Waals surface area contributed by atoms with E-state index in [1.807, 2.05) is 0 Å². The number of methoxy groups -OCH3 is 1. The lowest BCUT2D eigenvalue weighted by Crippen LogP contribution is -2.31. The molecule has 0 aliphatic heterocycles. The maximum Gasteiger partial charge on any atom is 0.0465 e. The van der Waals surface area contributed by atoms with Crippen molar-refractivity contribution in [1.29, 1.82) is 0 Å². The van der Waals surface area contributed by atoms with Gasteiger partial charge in [0.25, 0.3) is 0 Å². The maximum absolute atomic E-state index is 6.25. The van der Waals surface area contributed by atoms with Crippen LogP contribution in [0.15, 0.2) is 18.2 Å². The highest BCUT2D eigenvalue weighted by molar-refractivity contribution is 5.31. The van der Waals surface area contributed by atoms with Crippen molar-refractivity contribution in [3.8, 4) is 0 Å². The minimum atomic E-state index is 0.214. The topological polar surface area (TPSA) is 35.2 Å². The zero-order chi connectivity index (χ0) is 12.8. The van der Waals surface area contributed by atoms with Crippen LogP contribution in [-0.2, 0) is 11.2 Å². The zero-order valence-corrected chi connectivity index (χ0v) is 11.5. The Morgan fingerprint density at radius 3 is 2.65 bits per heavy atom. The SMILES string of the molecule is COCCC(C)C(N)Cc1cc(C)ccc1C. The van der Waals surface area contributed by atoms with E-state index < -0.39 is 0 Å². The quantitative estimate of drug-likeness (QED) is 0.823. The van der Waals surface area contributed by atoms with E-state index in [4.69, 9.17) is 10.5 Å². The highest BCUT2D eigenvalue weighted by Gasteiger charge is 2.14. The summed E-state index contributed by atoms with van der Waals surface area (Å²) < 4.78 is 5.10. The van der Waals surface area contributed by atoms with Gasteiger partial charge in [-0.3, -0.25) is 0 Å². The molecule has 1 rings (SSSR count). The van der Waals surface area contributed by atoms with Gasteiger partial charge < -0.3 is 10.5 Å². The molecule has 1 aromatic carbocycles. The molecule has 2 atom stereocenters. The van der Waals surface area contributed by atoms with E-state index >= 15 is 0 Å². The van der Waals surface area contributed by atoms with Gasteiger partial charge >= 0.3 is 0 Å². The van der Waals surface area contributed by atoms with Crippen molar-refractivity contribution >= 4 is 0 Å². The predicted molar refractivity (Wildman–Crippen MR) is 73.3 cm³/mol. The van der Waals surface area contributed by atoms with Crippen LogP contribution in [0, 0.1) is 19.8 Å². The molecule has 96 valence electrons. The maximum atomic E-state index is 6.25. The summed E-state index contributed by atoms with van der Waals surface area (Å²) in [6, 6.07) is 6.79. The fourth-order valence-corrected chi connectivity index (χ4v) is 1.99. The van der Waals surface area contributed by atoms with Gasteiger partial charge in [0, 0.05) is 19.8 Å². The number of hydrogen-bond donors (Lipinski definition) is 1. The lowest BCUT2D eigenvalue weighted by molar-refractivity contribution is 0.174. The van der Waals surface area contributed by atoms with E-state index in [-0.39, 0.29) is 6.04 Å². The molecule has 0 saturated carbocycles. The van der Waals surface area contributed by atoms with Gasteiger partial charge in [-0.1, -0.05) is 30.7 Å². The fourth-order valence-electron chi connectivity index (χ4n) is 1.99. The fraction of sp³-hybridized carbons (Fsp3) is 0.600. The van der Waals surface area contributed by atoms with Crippen molar-refractivity contribution < 1.29 is 4.74 Å². The molecule has 0 aliphatic rings. The Hall–Kier alpha value is -0.860. The van der Waals surface area contributed by atoms with Crippen LogP contribution in [0.2, 0.25) is 0 Å². The van der Waals surface area contributed by atoms with E-state index in [1.54, 1.807) is 7.11 Å². The van der Waals surface area contributed by atoms with Gasteiger partial charge in [-0.05, 0) is 43.7 Å². The number of benzene rings is 1. The first kappa shape index (κ1) is 14.2. The van der Waals surface area contributed by atoms with Crippen LogP contribution in [-0.4, -0.2) is 19.8 Å². The molecule has 2 unspecified atom stereocenters. The van der Waals surface area contributed by atoms with Crippen LogP contribution in [0.3, 0.4) is 0 Å². The van der Waals surface area contributed by atoms with E-state index in [0.717, 1.165) is 19.4 Å². The number of nitrogens with two attached hydrogens (primary N) is 1. The Labute approximate surface area is 105 Å². The highest BCUT2D eigenvalue weighted by atomic mass is 16.5. The van der Waals surface area contributed by atoms with Crippen molar-refractivity contribution in [2.45, 2.75) is 39.7 Å². The molecule has 0 saturated heterocycles. The van der Waals surface area contributed by atoms with Gasteiger partial charge in [0.15, 0.2) is 0 Å². The Morgan fingerprint density at radius 2 is 2.00 bits per heavy atom. The standard InChI is InChI=1S/C15H25NO/c1-11-5-6-12(2)14(9-11)10-15(16)13(3)7-8-17-4/h5-6,9,13,15H,7-8,10,16H2,1-4H3. The molecule has 2 N–H and O–H groups in total. The molecule has 0 aliphatic carbocycles.